The zero-order chi connectivity index (χ0) is 9.90. The van der Waals surface area contributed by atoms with E-state index in [9.17, 15) is 0 Å². The van der Waals surface area contributed by atoms with Gasteiger partial charge in [-0.1, -0.05) is 20.8 Å². The van der Waals surface area contributed by atoms with Crippen molar-refractivity contribution < 1.29 is 0 Å². The minimum absolute atomic E-state index is 0.359. The Hall–Kier alpha value is -0.0800. The molecule has 0 bridgehead atoms. The Bertz CT molecular complexity index is 143. The lowest BCUT2D eigenvalue weighted by molar-refractivity contribution is 0.261. The maximum absolute atomic E-state index is 6.10. The summed E-state index contributed by atoms with van der Waals surface area (Å²) in [6.45, 7) is 10.4. The van der Waals surface area contributed by atoms with Gasteiger partial charge in [0.05, 0.1) is 0 Å². The largest absolute Gasteiger partial charge is 0.327 e. The van der Waals surface area contributed by atoms with Crippen molar-refractivity contribution in [1.82, 2.24) is 4.90 Å². The van der Waals surface area contributed by atoms with Crippen LogP contribution >= 0.6 is 0 Å². The third-order valence-electron chi connectivity index (χ3n) is 2.57. The molecule has 0 aromatic heterocycles. The zero-order valence-corrected chi connectivity index (χ0v) is 9.34. The Kier molecular flexibility index (Phi) is 3.74. The van der Waals surface area contributed by atoms with Gasteiger partial charge in [-0.3, -0.25) is 0 Å². The van der Waals surface area contributed by atoms with Crippen LogP contribution in [-0.2, 0) is 0 Å². The lowest BCUT2D eigenvalue weighted by Crippen LogP contribution is -2.38. The van der Waals surface area contributed by atoms with Crippen molar-refractivity contribution in [2.45, 2.75) is 46.1 Å². The van der Waals surface area contributed by atoms with Gasteiger partial charge in [0.15, 0.2) is 0 Å². The molecule has 1 unspecified atom stereocenters. The van der Waals surface area contributed by atoms with Crippen LogP contribution in [0.5, 0.6) is 0 Å². The second kappa shape index (κ2) is 4.43. The van der Waals surface area contributed by atoms with Gasteiger partial charge >= 0.3 is 0 Å². The van der Waals surface area contributed by atoms with Gasteiger partial charge in [0.25, 0.3) is 0 Å². The predicted octanol–water partition coefficient (Wildman–Crippen LogP) is 1.85. The molecule has 1 aliphatic heterocycles. The highest BCUT2D eigenvalue weighted by atomic mass is 15.1. The summed E-state index contributed by atoms with van der Waals surface area (Å²) >= 11 is 0. The Morgan fingerprint density at radius 2 is 1.77 bits per heavy atom. The quantitative estimate of drug-likeness (QED) is 0.725. The van der Waals surface area contributed by atoms with E-state index >= 15 is 0 Å². The topological polar surface area (TPSA) is 29.3 Å². The molecule has 1 aliphatic rings. The van der Waals surface area contributed by atoms with E-state index in [4.69, 9.17) is 5.73 Å². The van der Waals surface area contributed by atoms with Gasteiger partial charge < -0.3 is 10.6 Å². The first-order chi connectivity index (χ1) is 5.97. The summed E-state index contributed by atoms with van der Waals surface area (Å²) in [5.74, 6) is 0. The summed E-state index contributed by atoms with van der Waals surface area (Å²) in [6.07, 6.45) is 3.86. The van der Waals surface area contributed by atoms with E-state index in [-0.39, 0.29) is 0 Å². The summed E-state index contributed by atoms with van der Waals surface area (Å²) < 4.78 is 0. The van der Waals surface area contributed by atoms with Crippen LogP contribution in [0.3, 0.4) is 0 Å². The molecule has 0 amide bonds. The smallest absolute Gasteiger partial charge is 0.0172 e. The van der Waals surface area contributed by atoms with Crippen LogP contribution in [0.15, 0.2) is 0 Å². The first-order valence-corrected chi connectivity index (χ1v) is 5.45. The van der Waals surface area contributed by atoms with Gasteiger partial charge in [-0.15, -0.1) is 0 Å². The number of nitrogens with zero attached hydrogens (tertiary/aromatic N) is 1. The molecule has 78 valence electrons. The lowest BCUT2D eigenvalue weighted by Gasteiger charge is -2.26. The normalized spacial score (nSPS) is 22.2. The highest BCUT2D eigenvalue weighted by Gasteiger charge is 2.19. The number of hydrogen-bond donors (Lipinski definition) is 1. The summed E-state index contributed by atoms with van der Waals surface area (Å²) in [7, 11) is 0. The second-order valence-corrected chi connectivity index (χ2v) is 5.53. The van der Waals surface area contributed by atoms with Crippen LogP contribution in [0.1, 0.15) is 40.0 Å². The van der Waals surface area contributed by atoms with Gasteiger partial charge in [0, 0.05) is 12.6 Å². The van der Waals surface area contributed by atoms with E-state index in [1.54, 1.807) is 0 Å². The molecule has 2 heteroatoms. The average Bonchev–Trinajstić information content (AvgIpc) is 2.34. The first kappa shape index (κ1) is 11.0. The van der Waals surface area contributed by atoms with Crippen molar-refractivity contribution in [3.8, 4) is 0 Å². The summed E-state index contributed by atoms with van der Waals surface area (Å²) in [5.41, 5.74) is 6.47. The van der Waals surface area contributed by atoms with E-state index in [1.807, 2.05) is 0 Å². The first-order valence-electron chi connectivity index (χ1n) is 5.45. The highest BCUT2D eigenvalue weighted by Crippen LogP contribution is 2.20. The van der Waals surface area contributed by atoms with E-state index in [2.05, 4.69) is 25.7 Å². The molecular formula is C11H24N2. The SMILES string of the molecule is CC(C)(C)CC(N)CN1CCCC1. The van der Waals surface area contributed by atoms with Crippen LogP contribution in [0.2, 0.25) is 0 Å². The molecule has 0 spiro atoms. The molecule has 2 N–H and O–H groups in total. The molecule has 0 aromatic rings. The molecule has 1 saturated heterocycles. The molecule has 1 fully saturated rings. The number of rotatable bonds is 3. The van der Waals surface area contributed by atoms with Crippen molar-refractivity contribution in [3.05, 3.63) is 0 Å². The number of hydrogen-bond acceptors (Lipinski definition) is 2. The minimum atomic E-state index is 0.359. The Balaban J connectivity index is 2.20. The minimum Gasteiger partial charge on any atom is -0.327 e. The second-order valence-electron chi connectivity index (χ2n) is 5.53. The van der Waals surface area contributed by atoms with Crippen LogP contribution in [0, 0.1) is 5.41 Å². The van der Waals surface area contributed by atoms with E-state index in [0.29, 0.717) is 11.5 Å². The molecule has 2 nitrogen and oxygen atoms in total. The van der Waals surface area contributed by atoms with E-state index < -0.39 is 0 Å². The molecule has 13 heavy (non-hydrogen) atoms. The molecule has 1 rings (SSSR count). The fourth-order valence-corrected chi connectivity index (χ4v) is 2.15. The van der Waals surface area contributed by atoms with Crippen LogP contribution in [0.4, 0.5) is 0 Å². The van der Waals surface area contributed by atoms with Crippen molar-refractivity contribution in [2.24, 2.45) is 11.1 Å². The summed E-state index contributed by atoms with van der Waals surface area (Å²) in [4.78, 5) is 2.50. The third kappa shape index (κ3) is 4.63. The Labute approximate surface area is 82.5 Å². The van der Waals surface area contributed by atoms with E-state index in [1.165, 1.54) is 25.9 Å². The molecule has 0 aromatic carbocycles. The fourth-order valence-electron chi connectivity index (χ4n) is 2.15. The highest BCUT2D eigenvalue weighted by molar-refractivity contribution is 4.77. The van der Waals surface area contributed by atoms with Crippen molar-refractivity contribution in [1.29, 1.82) is 0 Å². The Morgan fingerprint density at radius 3 is 2.23 bits per heavy atom. The van der Waals surface area contributed by atoms with Crippen molar-refractivity contribution in [2.75, 3.05) is 19.6 Å². The maximum atomic E-state index is 6.10. The van der Waals surface area contributed by atoms with Gasteiger partial charge in [-0.05, 0) is 37.8 Å². The zero-order valence-electron chi connectivity index (χ0n) is 9.34. The van der Waals surface area contributed by atoms with Gasteiger partial charge in [-0.2, -0.15) is 0 Å². The molecule has 0 aliphatic carbocycles. The monoisotopic (exact) mass is 184 g/mol. The fraction of sp³-hybridized carbons (Fsp3) is 1.00. The Morgan fingerprint density at radius 1 is 1.23 bits per heavy atom. The van der Waals surface area contributed by atoms with Crippen molar-refractivity contribution in [3.63, 3.8) is 0 Å². The van der Waals surface area contributed by atoms with Crippen LogP contribution in [-0.4, -0.2) is 30.6 Å². The van der Waals surface area contributed by atoms with Crippen molar-refractivity contribution >= 4 is 0 Å². The molecular weight excluding hydrogens is 160 g/mol. The number of nitrogens with two attached hydrogens (primary N) is 1. The van der Waals surface area contributed by atoms with Crippen LogP contribution in [0.25, 0.3) is 0 Å². The molecule has 0 radical (unpaired) electrons. The van der Waals surface area contributed by atoms with Gasteiger partial charge in [-0.25, -0.2) is 0 Å². The summed E-state index contributed by atoms with van der Waals surface area (Å²) in [5, 5.41) is 0. The predicted molar refractivity (Wildman–Crippen MR) is 57.7 cm³/mol. The van der Waals surface area contributed by atoms with Gasteiger partial charge in [0.1, 0.15) is 0 Å². The average molecular weight is 184 g/mol. The standard InChI is InChI=1S/C11H24N2/c1-11(2,3)8-10(12)9-13-6-4-5-7-13/h10H,4-9,12H2,1-3H3. The summed E-state index contributed by atoms with van der Waals surface area (Å²) in [6, 6.07) is 0.359. The van der Waals surface area contributed by atoms with Gasteiger partial charge in [0.2, 0.25) is 0 Å². The lowest BCUT2D eigenvalue weighted by atomic mass is 9.88. The maximum Gasteiger partial charge on any atom is 0.0172 e. The van der Waals surface area contributed by atoms with Crippen LogP contribution < -0.4 is 5.73 Å². The molecule has 1 heterocycles. The number of likely N-dealkylation sites (tertiary alicyclic amines) is 1. The molecule has 0 saturated carbocycles. The van der Waals surface area contributed by atoms with E-state index in [0.717, 1.165) is 13.0 Å². The third-order valence-corrected chi connectivity index (χ3v) is 2.57. The molecule has 1 atom stereocenters.